The van der Waals surface area contributed by atoms with Crippen molar-refractivity contribution in [1.29, 1.82) is 0 Å². The minimum absolute atomic E-state index is 0.143. The fraction of sp³-hybridized carbons (Fsp3) is 0.600. The fourth-order valence-electron chi connectivity index (χ4n) is 2.62. The molecule has 1 N–H and O–H groups in total. The van der Waals surface area contributed by atoms with Crippen molar-refractivity contribution in [2.24, 2.45) is 0 Å². The van der Waals surface area contributed by atoms with Crippen LogP contribution in [0.2, 0.25) is 0 Å². The average Bonchev–Trinajstić information content (AvgIpc) is 2.35. The number of halogens is 1. The molecule has 0 heterocycles. The maximum Gasteiger partial charge on any atom is 0.128 e. The summed E-state index contributed by atoms with van der Waals surface area (Å²) in [7, 11) is 1.75. The lowest BCUT2D eigenvalue weighted by Crippen LogP contribution is -2.60. The first-order chi connectivity index (χ1) is 9.06. The molecular weight excluding hydrogens is 306 g/mol. The second-order valence-corrected chi connectivity index (χ2v) is 5.92. The van der Waals surface area contributed by atoms with Gasteiger partial charge in [-0.1, -0.05) is 22.9 Å². The highest BCUT2D eigenvalue weighted by molar-refractivity contribution is 9.10. The maximum absolute atomic E-state index is 6.06. The van der Waals surface area contributed by atoms with Crippen LogP contribution < -0.4 is 10.1 Å². The van der Waals surface area contributed by atoms with Crippen LogP contribution in [0.5, 0.6) is 5.75 Å². The van der Waals surface area contributed by atoms with Gasteiger partial charge in [0.25, 0.3) is 0 Å². The highest BCUT2D eigenvalue weighted by Gasteiger charge is 2.42. The van der Waals surface area contributed by atoms with Crippen molar-refractivity contribution >= 4 is 15.9 Å². The van der Waals surface area contributed by atoms with Crippen molar-refractivity contribution in [3.63, 3.8) is 0 Å². The molecule has 3 nitrogen and oxygen atoms in total. The predicted molar refractivity (Wildman–Crippen MR) is 80.9 cm³/mol. The van der Waals surface area contributed by atoms with E-state index < -0.39 is 0 Å². The molecule has 1 aromatic rings. The van der Waals surface area contributed by atoms with Crippen molar-refractivity contribution in [2.75, 3.05) is 13.7 Å². The van der Waals surface area contributed by atoms with E-state index in [2.05, 4.69) is 54.2 Å². The minimum atomic E-state index is 0.143. The number of hydrogen-bond donors (Lipinski definition) is 1. The van der Waals surface area contributed by atoms with Crippen LogP contribution in [0.4, 0.5) is 0 Å². The number of hydrogen-bond acceptors (Lipinski definition) is 3. The van der Waals surface area contributed by atoms with Gasteiger partial charge in [-0.3, -0.25) is 0 Å². The van der Waals surface area contributed by atoms with Gasteiger partial charge in [0.2, 0.25) is 0 Å². The zero-order chi connectivity index (χ0) is 14.0. The third-order valence-electron chi connectivity index (χ3n) is 3.69. The molecule has 1 saturated carbocycles. The third-order valence-corrected chi connectivity index (χ3v) is 4.94. The third kappa shape index (κ3) is 3.12. The Morgan fingerprint density at radius 2 is 1.95 bits per heavy atom. The first-order valence-corrected chi connectivity index (χ1v) is 7.55. The standard InChI is InChI=1S/C15H22BrNO2/c1-5-17-12-8-13(15(12)18-4)19-11-6-9(2)14(16)10(3)7-11/h6-7,12-13,15,17H,5,8H2,1-4H3. The molecule has 106 valence electrons. The van der Waals surface area contributed by atoms with E-state index in [-0.39, 0.29) is 12.2 Å². The van der Waals surface area contributed by atoms with E-state index in [9.17, 15) is 0 Å². The van der Waals surface area contributed by atoms with Crippen LogP contribution >= 0.6 is 15.9 Å². The van der Waals surface area contributed by atoms with Crippen LogP contribution in [0, 0.1) is 13.8 Å². The average molecular weight is 328 g/mol. The molecule has 0 bridgehead atoms. The van der Waals surface area contributed by atoms with E-state index in [1.807, 2.05) is 0 Å². The molecule has 0 spiro atoms. The largest absolute Gasteiger partial charge is 0.488 e. The lowest BCUT2D eigenvalue weighted by Gasteiger charge is -2.43. The summed E-state index contributed by atoms with van der Waals surface area (Å²) in [6.45, 7) is 7.25. The van der Waals surface area contributed by atoms with Gasteiger partial charge in [-0.15, -0.1) is 0 Å². The van der Waals surface area contributed by atoms with E-state index in [1.165, 1.54) is 11.1 Å². The Bertz CT molecular complexity index is 427. The number of benzene rings is 1. The molecule has 1 aromatic carbocycles. The quantitative estimate of drug-likeness (QED) is 0.900. The Hall–Kier alpha value is -0.580. The zero-order valence-corrected chi connectivity index (χ0v) is 13.6. The van der Waals surface area contributed by atoms with Crippen LogP contribution in [0.1, 0.15) is 24.5 Å². The van der Waals surface area contributed by atoms with Crippen LogP contribution in [-0.4, -0.2) is 31.9 Å². The summed E-state index contributed by atoms with van der Waals surface area (Å²) in [5.74, 6) is 0.931. The molecule has 19 heavy (non-hydrogen) atoms. The fourth-order valence-corrected chi connectivity index (χ4v) is 2.85. The van der Waals surface area contributed by atoms with Gasteiger partial charge in [0.15, 0.2) is 0 Å². The van der Waals surface area contributed by atoms with Crippen molar-refractivity contribution in [1.82, 2.24) is 5.32 Å². The molecule has 3 unspecified atom stereocenters. The van der Waals surface area contributed by atoms with E-state index in [0.717, 1.165) is 23.2 Å². The lowest BCUT2D eigenvalue weighted by molar-refractivity contribution is -0.0884. The van der Waals surface area contributed by atoms with Crippen molar-refractivity contribution in [3.05, 3.63) is 27.7 Å². The molecule has 3 atom stereocenters. The van der Waals surface area contributed by atoms with E-state index in [4.69, 9.17) is 9.47 Å². The second-order valence-electron chi connectivity index (χ2n) is 5.13. The van der Waals surface area contributed by atoms with Gasteiger partial charge in [0.1, 0.15) is 18.0 Å². The number of aryl methyl sites for hydroxylation is 2. The monoisotopic (exact) mass is 327 g/mol. The molecular formula is C15H22BrNO2. The zero-order valence-electron chi connectivity index (χ0n) is 12.0. The molecule has 0 saturated heterocycles. The maximum atomic E-state index is 6.06. The highest BCUT2D eigenvalue weighted by atomic mass is 79.9. The van der Waals surface area contributed by atoms with Crippen molar-refractivity contribution in [3.8, 4) is 5.75 Å². The minimum Gasteiger partial charge on any atom is -0.488 e. The first-order valence-electron chi connectivity index (χ1n) is 6.76. The lowest BCUT2D eigenvalue weighted by atomic mass is 9.85. The van der Waals surface area contributed by atoms with Gasteiger partial charge in [0, 0.05) is 24.0 Å². The van der Waals surface area contributed by atoms with Gasteiger partial charge < -0.3 is 14.8 Å². The summed E-state index contributed by atoms with van der Waals surface area (Å²) < 4.78 is 12.7. The van der Waals surface area contributed by atoms with Gasteiger partial charge >= 0.3 is 0 Å². The molecule has 1 aliphatic rings. The Labute approximate surface area is 123 Å². The summed E-state index contributed by atoms with van der Waals surface area (Å²) in [6.07, 6.45) is 1.29. The summed E-state index contributed by atoms with van der Waals surface area (Å²) in [5, 5.41) is 3.42. The predicted octanol–water partition coefficient (Wildman–Crippen LogP) is 3.21. The Balaban J connectivity index is 2.02. The van der Waals surface area contributed by atoms with Gasteiger partial charge in [-0.2, -0.15) is 0 Å². The van der Waals surface area contributed by atoms with Crippen LogP contribution in [0.15, 0.2) is 16.6 Å². The van der Waals surface area contributed by atoms with Crippen molar-refractivity contribution in [2.45, 2.75) is 45.4 Å². The summed E-state index contributed by atoms with van der Waals surface area (Å²) in [5.41, 5.74) is 2.40. The number of ether oxygens (including phenoxy) is 2. The molecule has 0 aromatic heterocycles. The molecule has 0 aliphatic heterocycles. The highest BCUT2D eigenvalue weighted by Crippen LogP contribution is 2.32. The summed E-state index contributed by atoms with van der Waals surface area (Å²) in [4.78, 5) is 0. The topological polar surface area (TPSA) is 30.5 Å². The number of rotatable bonds is 5. The normalized spacial score (nSPS) is 26.1. The molecule has 0 amide bonds. The smallest absolute Gasteiger partial charge is 0.128 e. The second kappa shape index (κ2) is 6.25. The number of likely N-dealkylation sites (N-methyl/N-ethyl adjacent to an activating group) is 1. The van der Waals surface area contributed by atoms with E-state index >= 15 is 0 Å². The summed E-state index contributed by atoms with van der Waals surface area (Å²) in [6, 6.07) is 4.56. The first kappa shape index (κ1) is 14.8. The number of nitrogens with one attached hydrogen (secondary N) is 1. The summed E-state index contributed by atoms with van der Waals surface area (Å²) >= 11 is 3.58. The van der Waals surface area contributed by atoms with E-state index in [1.54, 1.807) is 7.11 Å². The molecule has 2 rings (SSSR count). The van der Waals surface area contributed by atoms with Crippen LogP contribution in [0.25, 0.3) is 0 Å². The number of methoxy groups -OCH3 is 1. The Kier molecular flexibility index (Phi) is 4.87. The van der Waals surface area contributed by atoms with Gasteiger partial charge in [-0.25, -0.2) is 0 Å². The molecule has 1 fully saturated rings. The SMILES string of the molecule is CCNC1CC(Oc2cc(C)c(Br)c(C)c2)C1OC. The molecule has 0 radical (unpaired) electrons. The van der Waals surface area contributed by atoms with Gasteiger partial charge in [-0.05, 0) is 43.7 Å². The van der Waals surface area contributed by atoms with Crippen molar-refractivity contribution < 1.29 is 9.47 Å². The van der Waals surface area contributed by atoms with Gasteiger partial charge in [0.05, 0.1) is 0 Å². The van der Waals surface area contributed by atoms with E-state index in [0.29, 0.717) is 6.04 Å². The Morgan fingerprint density at radius 1 is 1.32 bits per heavy atom. The van der Waals surface area contributed by atoms with Crippen LogP contribution in [0.3, 0.4) is 0 Å². The molecule has 4 heteroatoms. The van der Waals surface area contributed by atoms with Crippen LogP contribution in [-0.2, 0) is 4.74 Å². The molecule has 1 aliphatic carbocycles. The Morgan fingerprint density at radius 3 is 2.47 bits per heavy atom.